The number of hydrogen-bond acceptors (Lipinski definition) is 2. The van der Waals surface area contributed by atoms with Crippen molar-refractivity contribution in [3.8, 4) is 0 Å². The van der Waals surface area contributed by atoms with Gasteiger partial charge in [0.1, 0.15) is 0 Å². The molecule has 0 amide bonds. The largest absolute Gasteiger partial charge is 0.330 e. The van der Waals surface area contributed by atoms with Crippen LogP contribution in [0.3, 0.4) is 0 Å². The normalized spacial score (nSPS) is 25.5. The minimum Gasteiger partial charge on any atom is -0.330 e. The van der Waals surface area contributed by atoms with Gasteiger partial charge in [0.05, 0.1) is 0 Å². The lowest BCUT2D eigenvalue weighted by Gasteiger charge is -2.29. The number of likely N-dealkylation sites (tertiary alicyclic amines) is 1. The molecule has 1 aromatic carbocycles. The smallest absolute Gasteiger partial charge is 0.0236 e. The van der Waals surface area contributed by atoms with E-state index in [2.05, 4.69) is 36.1 Å². The quantitative estimate of drug-likeness (QED) is 0.889. The highest BCUT2D eigenvalue weighted by atomic mass is 15.2. The third-order valence-corrected chi connectivity index (χ3v) is 5.65. The standard InChI is InChI=1S/C19H30N2/c1-15(13-20)17-10-8-16(9-11-17)14-21-12-4-7-19(21)18-5-2-3-6-18/h8-11,15,18-19H,2-7,12-14,20H2,1H3. The summed E-state index contributed by atoms with van der Waals surface area (Å²) in [5, 5.41) is 0. The summed E-state index contributed by atoms with van der Waals surface area (Å²) in [5.74, 6) is 1.45. The van der Waals surface area contributed by atoms with Crippen molar-refractivity contribution in [2.24, 2.45) is 11.7 Å². The first-order chi connectivity index (χ1) is 10.3. The molecule has 0 radical (unpaired) electrons. The molecule has 1 saturated carbocycles. The number of benzene rings is 1. The molecule has 0 spiro atoms. The molecule has 0 bridgehead atoms. The summed E-state index contributed by atoms with van der Waals surface area (Å²) in [6.07, 6.45) is 8.67. The maximum Gasteiger partial charge on any atom is 0.0236 e. The van der Waals surface area contributed by atoms with E-state index in [1.165, 1.54) is 56.2 Å². The van der Waals surface area contributed by atoms with E-state index in [9.17, 15) is 0 Å². The molecule has 0 aromatic heterocycles. The highest BCUT2D eigenvalue weighted by Crippen LogP contribution is 2.36. The summed E-state index contributed by atoms with van der Waals surface area (Å²) >= 11 is 0. The van der Waals surface area contributed by atoms with Crippen molar-refractivity contribution in [3.63, 3.8) is 0 Å². The average Bonchev–Trinajstić information content (AvgIpc) is 3.18. The lowest BCUT2D eigenvalue weighted by Crippen LogP contribution is -2.34. The summed E-state index contributed by atoms with van der Waals surface area (Å²) in [6.45, 7) is 5.36. The van der Waals surface area contributed by atoms with Crippen molar-refractivity contribution in [1.82, 2.24) is 4.90 Å². The van der Waals surface area contributed by atoms with Gasteiger partial charge in [-0.3, -0.25) is 4.90 Å². The maximum atomic E-state index is 5.75. The number of nitrogens with two attached hydrogens (primary N) is 1. The molecule has 2 heteroatoms. The van der Waals surface area contributed by atoms with Crippen LogP contribution in [0.1, 0.15) is 62.5 Å². The van der Waals surface area contributed by atoms with Crippen molar-refractivity contribution in [2.45, 2.75) is 64.0 Å². The predicted molar refractivity (Wildman–Crippen MR) is 89.3 cm³/mol. The molecule has 2 atom stereocenters. The van der Waals surface area contributed by atoms with Crippen LogP contribution in [0, 0.1) is 5.92 Å². The van der Waals surface area contributed by atoms with Crippen molar-refractivity contribution < 1.29 is 0 Å². The predicted octanol–water partition coefficient (Wildman–Crippen LogP) is 3.90. The van der Waals surface area contributed by atoms with Crippen LogP contribution in [-0.2, 0) is 6.54 Å². The monoisotopic (exact) mass is 286 g/mol. The highest BCUT2D eigenvalue weighted by molar-refractivity contribution is 5.25. The van der Waals surface area contributed by atoms with Crippen LogP contribution in [-0.4, -0.2) is 24.0 Å². The molecule has 2 fully saturated rings. The topological polar surface area (TPSA) is 29.3 Å². The van der Waals surface area contributed by atoms with Crippen molar-refractivity contribution in [1.29, 1.82) is 0 Å². The second-order valence-corrected chi connectivity index (χ2v) is 7.10. The second kappa shape index (κ2) is 6.93. The minimum absolute atomic E-state index is 0.470. The molecule has 1 aromatic rings. The lowest BCUT2D eigenvalue weighted by molar-refractivity contribution is 0.183. The van der Waals surface area contributed by atoms with Crippen molar-refractivity contribution >= 4 is 0 Å². The molecule has 2 aliphatic rings. The molecule has 1 aliphatic carbocycles. The Morgan fingerprint density at radius 3 is 2.48 bits per heavy atom. The Bertz CT molecular complexity index is 433. The SMILES string of the molecule is CC(CN)c1ccc(CN2CCCC2C2CCCC2)cc1. The molecule has 1 heterocycles. The lowest BCUT2D eigenvalue weighted by atomic mass is 9.95. The molecular weight excluding hydrogens is 256 g/mol. The van der Waals surface area contributed by atoms with Crippen molar-refractivity contribution in [2.75, 3.05) is 13.1 Å². The van der Waals surface area contributed by atoms with E-state index in [-0.39, 0.29) is 0 Å². The van der Waals surface area contributed by atoms with Crippen LogP contribution >= 0.6 is 0 Å². The summed E-state index contributed by atoms with van der Waals surface area (Å²) in [7, 11) is 0. The molecular formula is C19H30N2. The maximum absolute atomic E-state index is 5.75. The zero-order chi connectivity index (χ0) is 14.7. The van der Waals surface area contributed by atoms with Crippen LogP contribution in [0.4, 0.5) is 0 Å². The minimum atomic E-state index is 0.470. The van der Waals surface area contributed by atoms with E-state index in [1.54, 1.807) is 0 Å². The highest BCUT2D eigenvalue weighted by Gasteiger charge is 2.32. The van der Waals surface area contributed by atoms with Crippen LogP contribution in [0.25, 0.3) is 0 Å². The van der Waals surface area contributed by atoms with E-state index >= 15 is 0 Å². The summed E-state index contributed by atoms with van der Waals surface area (Å²) in [4.78, 5) is 2.75. The van der Waals surface area contributed by atoms with Gasteiger partial charge in [-0.2, -0.15) is 0 Å². The molecule has 21 heavy (non-hydrogen) atoms. The Morgan fingerprint density at radius 1 is 1.10 bits per heavy atom. The summed E-state index contributed by atoms with van der Waals surface area (Å²) in [5.41, 5.74) is 8.59. The molecule has 3 rings (SSSR count). The van der Waals surface area contributed by atoms with E-state index in [0.29, 0.717) is 5.92 Å². The van der Waals surface area contributed by atoms with Gasteiger partial charge in [0, 0.05) is 12.6 Å². The van der Waals surface area contributed by atoms with Gasteiger partial charge in [0.25, 0.3) is 0 Å². The second-order valence-electron chi connectivity index (χ2n) is 7.10. The summed E-state index contributed by atoms with van der Waals surface area (Å²) < 4.78 is 0. The Morgan fingerprint density at radius 2 is 1.81 bits per heavy atom. The molecule has 2 N–H and O–H groups in total. The first kappa shape index (κ1) is 15.1. The Kier molecular flexibility index (Phi) is 4.97. The average molecular weight is 286 g/mol. The number of nitrogens with zero attached hydrogens (tertiary/aromatic N) is 1. The van der Waals surface area contributed by atoms with Gasteiger partial charge in [-0.05, 0) is 61.7 Å². The van der Waals surface area contributed by atoms with Gasteiger partial charge >= 0.3 is 0 Å². The Hall–Kier alpha value is -0.860. The van der Waals surface area contributed by atoms with Crippen LogP contribution in [0.5, 0.6) is 0 Å². The van der Waals surface area contributed by atoms with Gasteiger partial charge in [-0.25, -0.2) is 0 Å². The molecule has 1 saturated heterocycles. The molecule has 2 unspecified atom stereocenters. The summed E-state index contributed by atoms with van der Waals surface area (Å²) in [6, 6.07) is 10.0. The molecule has 116 valence electrons. The fraction of sp³-hybridized carbons (Fsp3) is 0.684. The van der Waals surface area contributed by atoms with Crippen LogP contribution < -0.4 is 5.73 Å². The Balaban J connectivity index is 1.62. The van der Waals surface area contributed by atoms with Gasteiger partial charge < -0.3 is 5.73 Å². The number of hydrogen-bond donors (Lipinski definition) is 1. The van der Waals surface area contributed by atoms with E-state index < -0.39 is 0 Å². The molecule has 1 aliphatic heterocycles. The third kappa shape index (κ3) is 3.49. The third-order valence-electron chi connectivity index (χ3n) is 5.65. The van der Waals surface area contributed by atoms with E-state index in [0.717, 1.165) is 25.0 Å². The number of rotatable bonds is 5. The van der Waals surface area contributed by atoms with Gasteiger partial charge in [0.2, 0.25) is 0 Å². The first-order valence-corrected chi connectivity index (χ1v) is 8.81. The van der Waals surface area contributed by atoms with Crippen LogP contribution in [0.15, 0.2) is 24.3 Å². The first-order valence-electron chi connectivity index (χ1n) is 8.81. The van der Waals surface area contributed by atoms with Gasteiger partial charge in [-0.1, -0.05) is 44.0 Å². The van der Waals surface area contributed by atoms with E-state index in [1.807, 2.05) is 0 Å². The Labute approximate surface area is 129 Å². The van der Waals surface area contributed by atoms with Gasteiger partial charge in [0.15, 0.2) is 0 Å². The van der Waals surface area contributed by atoms with Crippen LogP contribution in [0.2, 0.25) is 0 Å². The van der Waals surface area contributed by atoms with Crippen molar-refractivity contribution in [3.05, 3.63) is 35.4 Å². The molecule has 2 nitrogen and oxygen atoms in total. The zero-order valence-electron chi connectivity index (χ0n) is 13.4. The fourth-order valence-corrected chi connectivity index (χ4v) is 4.25. The zero-order valence-corrected chi connectivity index (χ0v) is 13.4. The van der Waals surface area contributed by atoms with Gasteiger partial charge in [-0.15, -0.1) is 0 Å². The van der Waals surface area contributed by atoms with E-state index in [4.69, 9.17) is 5.73 Å². The fourth-order valence-electron chi connectivity index (χ4n) is 4.25.